The topological polar surface area (TPSA) is 64.4 Å². The van der Waals surface area contributed by atoms with E-state index >= 15 is 0 Å². The Bertz CT molecular complexity index is 187. The van der Waals surface area contributed by atoms with Crippen molar-refractivity contribution in [1.29, 1.82) is 0 Å². The monoisotopic (exact) mass is 184 g/mol. The number of hydrogen-bond donors (Lipinski definition) is 2. The van der Waals surface area contributed by atoms with Crippen LogP contribution in [0.4, 0.5) is 0 Å². The van der Waals surface area contributed by atoms with Gasteiger partial charge in [0.1, 0.15) is 6.04 Å². The molecule has 0 heterocycles. The van der Waals surface area contributed by atoms with E-state index in [0.29, 0.717) is 13.0 Å². The maximum Gasteiger partial charge on any atom is 0.239 e. The molecule has 0 aliphatic heterocycles. The number of nitrogens with two attached hydrogens (primary N) is 1. The number of methoxy groups -OCH3 is 1. The third-order valence-corrected chi connectivity index (χ3v) is 1.48. The Morgan fingerprint density at radius 1 is 1.77 bits per heavy atom. The van der Waals surface area contributed by atoms with E-state index < -0.39 is 6.04 Å². The van der Waals surface area contributed by atoms with Crippen LogP contribution < -0.4 is 11.1 Å². The van der Waals surface area contributed by atoms with Crippen molar-refractivity contribution in [3.05, 3.63) is 0 Å². The lowest BCUT2D eigenvalue weighted by Crippen LogP contribution is -2.43. The van der Waals surface area contributed by atoms with E-state index in [1.54, 1.807) is 0 Å². The molecule has 0 bridgehead atoms. The molecular weight excluding hydrogens is 168 g/mol. The van der Waals surface area contributed by atoms with Crippen LogP contribution in [0.3, 0.4) is 0 Å². The standard InChI is InChI=1S/C9H16N2O2/c1-3-4-5-6-11-9(12)8(10)7-13-2/h1,8H,4-7,10H2,2H3,(H,11,12). The molecule has 1 unspecified atom stereocenters. The van der Waals surface area contributed by atoms with Crippen LogP contribution in [0.5, 0.6) is 0 Å². The summed E-state index contributed by atoms with van der Waals surface area (Å²) in [4.78, 5) is 11.1. The van der Waals surface area contributed by atoms with Gasteiger partial charge in [0.25, 0.3) is 0 Å². The van der Waals surface area contributed by atoms with Gasteiger partial charge in [-0.2, -0.15) is 0 Å². The average molecular weight is 184 g/mol. The summed E-state index contributed by atoms with van der Waals surface area (Å²) in [5, 5.41) is 2.66. The Kier molecular flexibility index (Phi) is 6.98. The zero-order valence-electron chi connectivity index (χ0n) is 7.88. The Balaban J connectivity index is 3.45. The van der Waals surface area contributed by atoms with Crippen molar-refractivity contribution in [3.8, 4) is 12.3 Å². The molecule has 0 aliphatic carbocycles. The van der Waals surface area contributed by atoms with Crippen LogP contribution in [0.2, 0.25) is 0 Å². The van der Waals surface area contributed by atoms with Crippen molar-refractivity contribution >= 4 is 5.91 Å². The second kappa shape index (κ2) is 7.59. The van der Waals surface area contributed by atoms with Crippen molar-refractivity contribution in [2.24, 2.45) is 5.73 Å². The molecule has 74 valence electrons. The van der Waals surface area contributed by atoms with Gasteiger partial charge in [-0.05, 0) is 6.42 Å². The smallest absolute Gasteiger partial charge is 0.239 e. The van der Waals surface area contributed by atoms with Gasteiger partial charge in [0.15, 0.2) is 0 Å². The highest BCUT2D eigenvalue weighted by atomic mass is 16.5. The molecule has 0 aromatic rings. The largest absolute Gasteiger partial charge is 0.383 e. The van der Waals surface area contributed by atoms with Gasteiger partial charge >= 0.3 is 0 Å². The molecule has 0 aromatic heterocycles. The first-order valence-electron chi connectivity index (χ1n) is 4.18. The minimum Gasteiger partial charge on any atom is -0.383 e. The summed E-state index contributed by atoms with van der Waals surface area (Å²) >= 11 is 0. The summed E-state index contributed by atoms with van der Waals surface area (Å²) in [6, 6.07) is -0.587. The first kappa shape index (κ1) is 11.9. The molecule has 4 nitrogen and oxygen atoms in total. The van der Waals surface area contributed by atoms with Gasteiger partial charge in [-0.3, -0.25) is 4.79 Å². The number of carbonyl (C=O) groups excluding carboxylic acids is 1. The molecule has 0 saturated carbocycles. The van der Waals surface area contributed by atoms with E-state index in [4.69, 9.17) is 16.9 Å². The Labute approximate surface area is 78.8 Å². The maximum absolute atomic E-state index is 11.1. The van der Waals surface area contributed by atoms with Crippen LogP contribution in [-0.2, 0) is 9.53 Å². The average Bonchev–Trinajstić information content (AvgIpc) is 2.12. The predicted octanol–water partition coefficient (Wildman–Crippen LogP) is -0.510. The summed E-state index contributed by atoms with van der Waals surface area (Å²) < 4.78 is 4.73. The summed E-state index contributed by atoms with van der Waals surface area (Å²) in [5.41, 5.74) is 5.47. The zero-order valence-corrected chi connectivity index (χ0v) is 7.88. The van der Waals surface area contributed by atoms with Gasteiger partial charge in [0.2, 0.25) is 5.91 Å². The highest BCUT2D eigenvalue weighted by Gasteiger charge is 2.11. The van der Waals surface area contributed by atoms with Crippen LogP contribution in [0.25, 0.3) is 0 Å². The normalized spacial score (nSPS) is 11.8. The third kappa shape index (κ3) is 6.14. The van der Waals surface area contributed by atoms with Gasteiger partial charge in [-0.1, -0.05) is 0 Å². The number of nitrogens with one attached hydrogen (secondary N) is 1. The molecule has 4 heteroatoms. The van der Waals surface area contributed by atoms with E-state index in [1.165, 1.54) is 7.11 Å². The molecule has 3 N–H and O–H groups in total. The number of carbonyl (C=O) groups is 1. The van der Waals surface area contributed by atoms with Crippen LogP contribution in [-0.4, -0.2) is 32.2 Å². The molecule has 0 rings (SSSR count). The fourth-order valence-electron chi connectivity index (χ4n) is 0.788. The van der Waals surface area contributed by atoms with E-state index in [0.717, 1.165) is 6.42 Å². The number of unbranched alkanes of at least 4 members (excludes halogenated alkanes) is 1. The van der Waals surface area contributed by atoms with E-state index in [-0.39, 0.29) is 12.5 Å². The molecule has 13 heavy (non-hydrogen) atoms. The molecule has 0 saturated heterocycles. The molecule has 1 atom stereocenters. The summed E-state index contributed by atoms with van der Waals surface area (Å²) in [6.07, 6.45) is 6.49. The number of terminal acetylenes is 1. The Morgan fingerprint density at radius 2 is 2.46 bits per heavy atom. The van der Waals surface area contributed by atoms with E-state index in [9.17, 15) is 4.79 Å². The molecule has 0 radical (unpaired) electrons. The highest BCUT2D eigenvalue weighted by molar-refractivity contribution is 5.81. The molecule has 0 aromatic carbocycles. The minimum absolute atomic E-state index is 0.195. The zero-order chi connectivity index (χ0) is 10.1. The van der Waals surface area contributed by atoms with Crippen LogP contribution in [0.15, 0.2) is 0 Å². The first-order chi connectivity index (χ1) is 6.22. The predicted molar refractivity (Wildman–Crippen MR) is 50.9 cm³/mol. The molecule has 0 spiro atoms. The quantitative estimate of drug-likeness (QED) is 0.431. The lowest BCUT2D eigenvalue weighted by molar-refractivity contribution is -0.123. The van der Waals surface area contributed by atoms with Crippen molar-refractivity contribution in [2.45, 2.75) is 18.9 Å². The maximum atomic E-state index is 11.1. The van der Waals surface area contributed by atoms with Crippen molar-refractivity contribution in [1.82, 2.24) is 5.32 Å². The van der Waals surface area contributed by atoms with Crippen LogP contribution in [0.1, 0.15) is 12.8 Å². The summed E-state index contributed by atoms with van der Waals surface area (Å²) in [5.74, 6) is 2.29. The van der Waals surface area contributed by atoms with Crippen LogP contribution >= 0.6 is 0 Å². The van der Waals surface area contributed by atoms with Crippen LogP contribution in [0, 0.1) is 12.3 Å². The number of ether oxygens (including phenoxy) is 1. The molecule has 1 amide bonds. The van der Waals surface area contributed by atoms with Crippen molar-refractivity contribution < 1.29 is 9.53 Å². The molecule has 0 fully saturated rings. The summed E-state index contributed by atoms with van der Waals surface area (Å²) in [7, 11) is 1.51. The number of amides is 1. The summed E-state index contributed by atoms with van der Waals surface area (Å²) in [6.45, 7) is 0.807. The van der Waals surface area contributed by atoms with Gasteiger partial charge in [-0.15, -0.1) is 12.3 Å². The van der Waals surface area contributed by atoms with Gasteiger partial charge in [0.05, 0.1) is 6.61 Å². The minimum atomic E-state index is -0.587. The Hall–Kier alpha value is -1.05. The number of rotatable bonds is 6. The second-order valence-electron chi connectivity index (χ2n) is 2.66. The highest BCUT2D eigenvalue weighted by Crippen LogP contribution is 1.85. The molecule has 0 aliphatic rings. The second-order valence-corrected chi connectivity index (χ2v) is 2.66. The van der Waals surface area contributed by atoms with E-state index in [1.807, 2.05) is 0 Å². The van der Waals surface area contributed by atoms with Gasteiger partial charge in [0, 0.05) is 20.1 Å². The Morgan fingerprint density at radius 3 is 3.00 bits per heavy atom. The van der Waals surface area contributed by atoms with Crippen molar-refractivity contribution in [2.75, 3.05) is 20.3 Å². The van der Waals surface area contributed by atoms with E-state index in [2.05, 4.69) is 11.2 Å². The van der Waals surface area contributed by atoms with Gasteiger partial charge < -0.3 is 15.8 Å². The number of hydrogen-bond acceptors (Lipinski definition) is 3. The third-order valence-electron chi connectivity index (χ3n) is 1.48. The SMILES string of the molecule is C#CCCCNC(=O)C(N)COC. The van der Waals surface area contributed by atoms with Crippen molar-refractivity contribution in [3.63, 3.8) is 0 Å². The molecular formula is C9H16N2O2. The fourth-order valence-corrected chi connectivity index (χ4v) is 0.788. The van der Waals surface area contributed by atoms with Gasteiger partial charge in [-0.25, -0.2) is 0 Å². The fraction of sp³-hybridized carbons (Fsp3) is 0.667. The lowest BCUT2D eigenvalue weighted by Gasteiger charge is -2.10. The first-order valence-corrected chi connectivity index (χ1v) is 4.18. The lowest BCUT2D eigenvalue weighted by atomic mass is 10.3.